The van der Waals surface area contributed by atoms with Gasteiger partial charge in [-0.15, -0.1) is 0 Å². The Morgan fingerprint density at radius 2 is 1.70 bits per heavy atom. The molecule has 2 rings (SSSR count). The van der Waals surface area contributed by atoms with Crippen molar-refractivity contribution in [1.29, 1.82) is 0 Å². The highest BCUT2D eigenvalue weighted by Crippen LogP contribution is 2.28. The molecule has 0 spiro atoms. The first kappa shape index (κ1) is 14.4. The van der Waals surface area contributed by atoms with Gasteiger partial charge in [0.15, 0.2) is 5.54 Å². The fraction of sp³-hybridized carbons (Fsp3) is 0.188. The molecule has 0 bridgehead atoms. The van der Waals surface area contributed by atoms with Crippen LogP contribution < -0.4 is 5.32 Å². The summed E-state index contributed by atoms with van der Waals surface area (Å²) in [5, 5.41) is 3.86. The van der Waals surface area contributed by atoms with Gasteiger partial charge in [-0.3, -0.25) is 0 Å². The first-order chi connectivity index (χ1) is 9.56. The third-order valence-electron chi connectivity index (χ3n) is 3.18. The predicted molar refractivity (Wildman–Crippen MR) is 80.9 cm³/mol. The molecular weight excluding hydrogens is 274 g/mol. The van der Waals surface area contributed by atoms with Crippen molar-refractivity contribution in [3.63, 3.8) is 0 Å². The number of esters is 1. The molecule has 0 fully saturated rings. The van der Waals surface area contributed by atoms with Gasteiger partial charge in [0.25, 0.3) is 0 Å². The Kier molecular flexibility index (Phi) is 4.30. The van der Waals surface area contributed by atoms with E-state index in [1.807, 2.05) is 42.5 Å². The average Bonchev–Trinajstić information content (AvgIpc) is 2.49. The summed E-state index contributed by atoms with van der Waals surface area (Å²) < 4.78 is 4.94. The van der Waals surface area contributed by atoms with Crippen LogP contribution in [0.5, 0.6) is 0 Å². The van der Waals surface area contributed by atoms with Gasteiger partial charge >= 0.3 is 5.97 Å². The smallest absolute Gasteiger partial charge is 0.335 e. The quantitative estimate of drug-likeness (QED) is 0.869. The minimum absolute atomic E-state index is 0.348. The van der Waals surface area contributed by atoms with E-state index in [1.165, 1.54) is 7.11 Å². The fourth-order valence-corrected chi connectivity index (χ4v) is 2.16. The summed E-state index contributed by atoms with van der Waals surface area (Å²) in [5.41, 5.74) is 0.678. The van der Waals surface area contributed by atoms with Crippen LogP contribution in [0.2, 0.25) is 5.02 Å². The Bertz CT molecular complexity index is 583. The number of anilines is 1. The first-order valence-electron chi connectivity index (χ1n) is 6.24. The van der Waals surface area contributed by atoms with Gasteiger partial charge in [0.1, 0.15) is 0 Å². The molecule has 1 atom stereocenters. The van der Waals surface area contributed by atoms with Gasteiger partial charge in [0.2, 0.25) is 0 Å². The van der Waals surface area contributed by atoms with Gasteiger partial charge in [-0.2, -0.15) is 0 Å². The van der Waals surface area contributed by atoms with Crippen LogP contribution in [-0.4, -0.2) is 13.1 Å². The van der Waals surface area contributed by atoms with Gasteiger partial charge in [-0.05, 0) is 36.8 Å². The van der Waals surface area contributed by atoms with Crippen LogP contribution in [0, 0.1) is 0 Å². The number of rotatable bonds is 4. The normalized spacial score (nSPS) is 13.3. The Hall–Kier alpha value is -2.00. The molecule has 2 aromatic rings. The number of ether oxygens (including phenoxy) is 1. The van der Waals surface area contributed by atoms with Gasteiger partial charge in [-0.25, -0.2) is 4.79 Å². The largest absolute Gasteiger partial charge is 0.467 e. The van der Waals surface area contributed by atoms with E-state index in [0.29, 0.717) is 5.02 Å². The molecular formula is C16H16ClNO2. The van der Waals surface area contributed by atoms with Crippen molar-refractivity contribution in [1.82, 2.24) is 0 Å². The Morgan fingerprint density at radius 3 is 2.25 bits per heavy atom. The minimum atomic E-state index is -0.955. The first-order valence-corrected chi connectivity index (χ1v) is 6.62. The Balaban J connectivity index is 2.38. The van der Waals surface area contributed by atoms with E-state index in [-0.39, 0.29) is 5.97 Å². The topological polar surface area (TPSA) is 38.3 Å². The molecule has 1 N–H and O–H groups in total. The Morgan fingerprint density at radius 1 is 1.10 bits per heavy atom. The minimum Gasteiger partial charge on any atom is -0.467 e. The van der Waals surface area contributed by atoms with E-state index < -0.39 is 5.54 Å². The number of methoxy groups -OCH3 is 1. The Labute approximate surface area is 123 Å². The van der Waals surface area contributed by atoms with E-state index in [4.69, 9.17) is 16.3 Å². The maximum Gasteiger partial charge on any atom is 0.335 e. The second-order valence-electron chi connectivity index (χ2n) is 4.61. The van der Waals surface area contributed by atoms with Crippen LogP contribution >= 0.6 is 11.6 Å². The lowest BCUT2D eigenvalue weighted by molar-refractivity contribution is -0.145. The number of nitrogens with one attached hydrogen (secondary N) is 1. The van der Waals surface area contributed by atoms with Crippen LogP contribution in [0.15, 0.2) is 54.6 Å². The fourth-order valence-electron chi connectivity index (χ4n) is 2.04. The molecule has 0 aromatic heterocycles. The molecule has 0 saturated carbocycles. The van der Waals surface area contributed by atoms with E-state index >= 15 is 0 Å². The number of halogens is 1. The summed E-state index contributed by atoms with van der Waals surface area (Å²) in [7, 11) is 1.38. The van der Waals surface area contributed by atoms with Crippen molar-refractivity contribution < 1.29 is 9.53 Å². The van der Waals surface area contributed by atoms with Gasteiger partial charge < -0.3 is 10.1 Å². The number of carbonyl (C=O) groups is 1. The number of hydrogen-bond acceptors (Lipinski definition) is 3. The second kappa shape index (κ2) is 5.97. The molecule has 20 heavy (non-hydrogen) atoms. The summed E-state index contributed by atoms with van der Waals surface area (Å²) >= 11 is 5.87. The van der Waals surface area contributed by atoms with Crippen LogP contribution in [0.3, 0.4) is 0 Å². The lowest BCUT2D eigenvalue weighted by atomic mass is 9.91. The van der Waals surface area contributed by atoms with Crippen molar-refractivity contribution in [3.05, 3.63) is 65.2 Å². The van der Waals surface area contributed by atoms with Crippen molar-refractivity contribution >= 4 is 23.3 Å². The molecule has 1 unspecified atom stereocenters. The van der Waals surface area contributed by atoms with Crippen molar-refractivity contribution in [2.45, 2.75) is 12.5 Å². The summed E-state index contributed by atoms with van der Waals surface area (Å²) in [6.07, 6.45) is 0. The zero-order valence-electron chi connectivity index (χ0n) is 11.4. The van der Waals surface area contributed by atoms with Crippen molar-refractivity contribution in [2.75, 3.05) is 12.4 Å². The predicted octanol–water partition coefficient (Wildman–Crippen LogP) is 3.84. The van der Waals surface area contributed by atoms with Crippen molar-refractivity contribution in [3.8, 4) is 0 Å². The van der Waals surface area contributed by atoms with E-state index in [0.717, 1.165) is 11.3 Å². The zero-order valence-corrected chi connectivity index (χ0v) is 12.1. The summed E-state index contributed by atoms with van der Waals surface area (Å²) in [5.74, 6) is -0.348. The highest BCUT2D eigenvalue weighted by atomic mass is 35.5. The second-order valence-corrected chi connectivity index (χ2v) is 5.05. The third kappa shape index (κ3) is 2.94. The molecule has 0 aliphatic rings. The molecule has 0 amide bonds. The van der Waals surface area contributed by atoms with E-state index in [1.54, 1.807) is 19.1 Å². The van der Waals surface area contributed by atoms with Crippen molar-refractivity contribution in [2.24, 2.45) is 0 Å². The van der Waals surface area contributed by atoms with Crippen LogP contribution in [0.4, 0.5) is 5.69 Å². The third-order valence-corrected chi connectivity index (χ3v) is 3.44. The van der Waals surface area contributed by atoms with E-state index in [2.05, 4.69) is 5.32 Å². The number of hydrogen-bond donors (Lipinski definition) is 1. The standard InChI is InChI=1S/C16H16ClNO2/c1-16(15(19)20-2,12-6-4-3-5-7-12)18-14-10-8-13(17)9-11-14/h3-11,18H,1-2H3. The lowest BCUT2D eigenvalue weighted by Crippen LogP contribution is -2.41. The zero-order chi connectivity index (χ0) is 14.6. The summed E-state index contributed by atoms with van der Waals surface area (Å²) in [4.78, 5) is 12.2. The van der Waals surface area contributed by atoms with Gasteiger partial charge in [0, 0.05) is 10.7 Å². The molecule has 0 aliphatic carbocycles. The van der Waals surface area contributed by atoms with Gasteiger partial charge in [0.05, 0.1) is 7.11 Å². The van der Waals surface area contributed by atoms with E-state index in [9.17, 15) is 4.79 Å². The monoisotopic (exact) mass is 289 g/mol. The molecule has 0 heterocycles. The molecule has 4 heteroatoms. The molecule has 3 nitrogen and oxygen atoms in total. The summed E-state index contributed by atoms with van der Waals surface area (Å²) in [6.45, 7) is 1.79. The number of carbonyl (C=O) groups excluding carboxylic acids is 1. The maximum absolute atomic E-state index is 12.2. The summed E-state index contributed by atoms with van der Waals surface area (Å²) in [6, 6.07) is 16.7. The van der Waals surface area contributed by atoms with Crippen LogP contribution in [0.1, 0.15) is 12.5 Å². The highest BCUT2D eigenvalue weighted by Gasteiger charge is 2.36. The molecule has 2 aromatic carbocycles. The van der Waals surface area contributed by atoms with Crippen LogP contribution in [-0.2, 0) is 15.1 Å². The molecule has 0 aliphatic heterocycles. The average molecular weight is 290 g/mol. The molecule has 0 radical (unpaired) electrons. The lowest BCUT2D eigenvalue weighted by Gasteiger charge is -2.29. The molecule has 0 saturated heterocycles. The highest BCUT2D eigenvalue weighted by molar-refractivity contribution is 6.30. The number of benzene rings is 2. The maximum atomic E-state index is 12.2. The van der Waals surface area contributed by atoms with Crippen LogP contribution in [0.25, 0.3) is 0 Å². The molecule has 104 valence electrons. The van der Waals surface area contributed by atoms with Gasteiger partial charge in [-0.1, -0.05) is 41.9 Å². The SMILES string of the molecule is COC(=O)C(C)(Nc1ccc(Cl)cc1)c1ccccc1.